The Morgan fingerprint density at radius 1 is 0.278 bits per heavy atom. The van der Waals surface area contributed by atoms with Gasteiger partial charge in [-0.15, -0.1) is 0 Å². The Hall–Kier alpha value is -4.97. The molecule has 0 radical (unpaired) electrons. The quantitative estimate of drug-likeness (QED) is 0.0262. The van der Waals surface area contributed by atoms with Crippen molar-refractivity contribution in [2.45, 2.75) is 226 Å². The van der Waals surface area contributed by atoms with E-state index in [0.717, 1.165) is 135 Å². The SMILES string of the molecule is CC/C=C\C/C=C\C/C=C\C/C=C\C/C=C\CCCCCC(=O)OCC(COC(=O)CC/C=C\C/C=C\C/C=C\C/C=C\C/C=C\CC)OC(=O)CCCCCCCCCCC/C=C\C/C=C\C/C=C\CC. The van der Waals surface area contributed by atoms with Gasteiger partial charge < -0.3 is 14.2 Å². The molecule has 0 saturated heterocycles. The second-order valence-corrected chi connectivity index (χ2v) is 18.0. The van der Waals surface area contributed by atoms with E-state index in [4.69, 9.17) is 14.2 Å². The van der Waals surface area contributed by atoms with E-state index in [1.165, 1.54) is 38.5 Å². The maximum atomic E-state index is 12.9. The molecule has 6 heteroatoms. The van der Waals surface area contributed by atoms with Gasteiger partial charge in [0.2, 0.25) is 0 Å². The molecule has 0 aromatic rings. The fraction of sp³-hybridized carbons (Fsp3) is 0.561. The Morgan fingerprint density at radius 3 is 0.875 bits per heavy atom. The number of esters is 3. The Kier molecular flexibility index (Phi) is 54.6. The maximum Gasteiger partial charge on any atom is 0.306 e. The zero-order chi connectivity index (χ0) is 52.2. The van der Waals surface area contributed by atoms with Gasteiger partial charge in [0.25, 0.3) is 0 Å². The summed E-state index contributed by atoms with van der Waals surface area (Å²) in [5, 5.41) is 0. The van der Waals surface area contributed by atoms with Gasteiger partial charge >= 0.3 is 17.9 Å². The third-order valence-corrected chi connectivity index (χ3v) is 11.3. The van der Waals surface area contributed by atoms with E-state index in [0.29, 0.717) is 19.3 Å². The van der Waals surface area contributed by atoms with Gasteiger partial charge in [0.05, 0.1) is 0 Å². The summed E-state index contributed by atoms with van der Waals surface area (Å²) in [6, 6.07) is 0. The highest BCUT2D eigenvalue weighted by Crippen LogP contribution is 2.13. The van der Waals surface area contributed by atoms with Crippen LogP contribution in [0.15, 0.2) is 158 Å². The van der Waals surface area contributed by atoms with Crippen molar-refractivity contribution in [2.75, 3.05) is 13.2 Å². The number of ether oxygens (including phenoxy) is 3. The van der Waals surface area contributed by atoms with Gasteiger partial charge in [-0.1, -0.05) is 230 Å². The monoisotopic (exact) mass is 991 g/mol. The minimum absolute atomic E-state index is 0.127. The Labute approximate surface area is 441 Å². The summed E-state index contributed by atoms with van der Waals surface area (Å²) in [6.45, 7) is 6.19. The first kappa shape index (κ1) is 67.0. The van der Waals surface area contributed by atoms with Crippen LogP contribution in [0.5, 0.6) is 0 Å². The second kappa shape index (κ2) is 58.6. The molecular weight excluding hydrogens is 889 g/mol. The van der Waals surface area contributed by atoms with Gasteiger partial charge in [-0.25, -0.2) is 0 Å². The van der Waals surface area contributed by atoms with Crippen LogP contribution >= 0.6 is 0 Å². The molecule has 0 bridgehead atoms. The second-order valence-electron chi connectivity index (χ2n) is 18.0. The summed E-state index contributed by atoms with van der Waals surface area (Å²) in [7, 11) is 0. The van der Waals surface area contributed by atoms with Crippen molar-refractivity contribution in [3.8, 4) is 0 Å². The smallest absolute Gasteiger partial charge is 0.306 e. The third-order valence-electron chi connectivity index (χ3n) is 11.3. The summed E-state index contributed by atoms with van der Waals surface area (Å²) in [5.41, 5.74) is 0. The number of hydrogen-bond donors (Lipinski definition) is 0. The summed E-state index contributed by atoms with van der Waals surface area (Å²) in [4.78, 5) is 38.2. The molecule has 402 valence electrons. The summed E-state index contributed by atoms with van der Waals surface area (Å²) in [5.74, 6) is -1.06. The minimum atomic E-state index is -0.834. The molecule has 0 saturated carbocycles. The molecule has 0 heterocycles. The van der Waals surface area contributed by atoms with Gasteiger partial charge in [0, 0.05) is 19.3 Å². The zero-order valence-electron chi connectivity index (χ0n) is 45.9. The normalized spacial score (nSPS) is 13.3. The Bertz CT molecular complexity index is 1660. The lowest BCUT2D eigenvalue weighted by Crippen LogP contribution is -2.30. The van der Waals surface area contributed by atoms with Crippen LogP contribution in [-0.4, -0.2) is 37.2 Å². The van der Waals surface area contributed by atoms with Crippen LogP contribution in [0.25, 0.3) is 0 Å². The zero-order valence-corrected chi connectivity index (χ0v) is 45.9. The Morgan fingerprint density at radius 2 is 0.528 bits per heavy atom. The van der Waals surface area contributed by atoms with Crippen molar-refractivity contribution in [2.24, 2.45) is 0 Å². The summed E-state index contributed by atoms with van der Waals surface area (Å²) < 4.78 is 16.8. The van der Waals surface area contributed by atoms with E-state index >= 15 is 0 Å². The van der Waals surface area contributed by atoms with Crippen LogP contribution in [0.2, 0.25) is 0 Å². The van der Waals surface area contributed by atoms with Crippen molar-refractivity contribution < 1.29 is 28.6 Å². The lowest BCUT2D eigenvalue weighted by molar-refractivity contribution is -0.166. The molecule has 1 atom stereocenters. The van der Waals surface area contributed by atoms with Crippen LogP contribution < -0.4 is 0 Å². The first-order valence-corrected chi connectivity index (χ1v) is 28.5. The molecule has 0 aromatic heterocycles. The van der Waals surface area contributed by atoms with E-state index in [1.807, 2.05) is 12.2 Å². The van der Waals surface area contributed by atoms with Crippen molar-refractivity contribution in [3.05, 3.63) is 158 Å². The van der Waals surface area contributed by atoms with E-state index < -0.39 is 6.10 Å². The van der Waals surface area contributed by atoms with Gasteiger partial charge in [0.1, 0.15) is 13.2 Å². The largest absolute Gasteiger partial charge is 0.462 e. The van der Waals surface area contributed by atoms with Gasteiger partial charge in [-0.05, 0) is 128 Å². The molecule has 72 heavy (non-hydrogen) atoms. The van der Waals surface area contributed by atoms with Gasteiger partial charge in [0.15, 0.2) is 6.10 Å². The highest BCUT2D eigenvalue weighted by Gasteiger charge is 2.19. The molecule has 0 amide bonds. The van der Waals surface area contributed by atoms with Crippen LogP contribution in [0.4, 0.5) is 0 Å². The summed E-state index contributed by atoms with van der Waals surface area (Å²) >= 11 is 0. The van der Waals surface area contributed by atoms with Gasteiger partial charge in [-0.2, -0.15) is 0 Å². The fourth-order valence-electron chi connectivity index (χ4n) is 7.12. The molecule has 0 aliphatic heterocycles. The van der Waals surface area contributed by atoms with Crippen molar-refractivity contribution in [1.82, 2.24) is 0 Å². The van der Waals surface area contributed by atoms with E-state index in [1.54, 1.807) is 0 Å². The van der Waals surface area contributed by atoms with Crippen molar-refractivity contribution in [1.29, 1.82) is 0 Å². The standard InChI is InChI=1S/C66H102O6/c1-4-7-10-13-16-19-22-25-28-31-33-35-38-41-44-47-50-53-56-59-65(68)71-62-63(61-70-64(67)58-55-52-49-46-43-40-37-30-27-24-21-18-15-12-9-6-3)72-66(69)60-57-54-51-48-45-42-39-36-34-32-29-26-23-20-17-14-11-8-5-2/h7-12,16-21,25-30,33,35,40-41,43-44,49,52,63H,4-6,13-15,22-24,31-32,34,36-39,42,45-48,50-51,53-62H2,1-3H3/b10-7-,11-8-,12-9-,19-16-,20-17-,21-18-,28-25-,29-26-,30-27-,35-33-,43-40-,44-41-,52-49-. The maximum absolute atomic E-state index is 12.9. The third kappa shape index (κ3) is 56.0. The first-order chi connectivity index (χ1) is 35.5. The van der Waals surface area contributed by atoms with Crippen LogP contribution in [0.3, 0.4) is 0 Å². The molecular formula is C66H102O6. The molecule has 0 N–H and O–H groups in total. The van der Waals surface area contributed by atoms with Crippen LogP contribution in [-0.2, 0) is 28.6 Å². The number of unbranched alkanes of at least 4 members (excludes halogenated alkanes) is 12. The van der Waals surface area contributed by atoms with E-state index in [-0.39, 0.29) is 37.5 Å². The Balaban J connectivity index is 4.58. The average Bonchev–Trinajstić information content (AvgIpc) is 3.38. The first-order valence-electron chi connectivity index (χ1n) is 28.5. The van der Waals surface area contributed by atoms with Crippen LogP contribution in [0, 0.1) is 0 Å². The van der Waals surface area contributed by atoms with Crippen molar-refractivity contribution >= 4 is 17.9 Å². The predicted octanol–water partition coefficient (Wildman–Crippen LogP) is 19.4. The van der Waals surface area contributed by atoms with E-state index in [2.05, 4.69) is 167 Å². The molecule has 0 aromatic carbocycles. The number of rotatable bonds is 49. The molecule has 0 aliphatic carbocycles. The number of allylic oxidation sites excluding steroid dienone is 26. The minimum Gasteiger partial charge on any atom is -0.462 e. The number of carbonyl (C=O) groups is 3. The topological polar surface area (TPSA) is 78.9 Å². The molecule has 0 aliphatic rings. The van der Waals surface area contributed by atoms with Crippen LogP contribution in [0.1, 0.15) is 220 Å². The number of carbonyl (C=O) groups excluding carboxylic acids is 3. The highest BCUT2D eigenvalue weighted by atomic mass is 16.6. The number of hydrogen-bond acceptors (Lipinski definition) is 6. The molecule has 0 fully saturated rings. The lowest BCUT2D eigenvalue weighted by Gasteiger charge is -2.18. The highest BCUT2D eigenvalue weighted by molar-refractivity contribution is 5.71. The lowest BCUT2D eigenvalue weighted by atomic mass is 10.1. The summed E-state index contributed by atoms with van der Waals surface area (Å²) in [6.07, 6.45) is 85.3. The molecule has 0 rings (SSSR count). The fourth-order valence-corrected chi connectivity index (χ4v) is 7.12. The molecule has 1 unspecified atom stereocenters. The average molecular weight is 992 g/mol. The molecule has 0 spiro atoms. The van der Waals surface area contributed by atoms with Gasteiger partial charge in [-0.3, -0.25) is 14.4 Å². The predicted molar refractivity (Wildman–Crippen MR) is 311 cm³/mol. The molecule has 6 nitrogen and oxygen atoms in total. The van der Waals surface area contributed by atoms with Crippen molar-refractivity contribution in [3.63, 3.8) is 0 Å². The van der Waals surface area contributed by atoms with E-state index in [9.17, 15) is 14.4 Å².